The lowest BCUT2D eigenvalue weighted by atomic mass is 9.82. The summed E-state index contributed by atoms with van der Waals surface area (Å²) >= 11 is 5.83. The summed E-state index contributed by atoms with van der Waals surface area (Å²) < 4.78 is 5.64. The average Bonchev–Trinajstić information content (AvgIpc) is 2.31. The molecule has 0 aromatic heterocycles. The molecule has 0 aromatic rings. The minimum absolute atomic E-state index is 0.246. The van der Waals surface area contributed by atoms with Crippen molar-refractivity contribution in [2.24, 2.45) is 11.3 Å². The maximum Gasteiger partial charge on any atom is 0.0663 e. The monoisotopic (exact) mass is 176 g/mol. The molecule has 11 heavy (non-hydrogen) atoms. The maximum absolute atomic E-state index is 5.83. The fourth-order valence-electron chi connectivity index (χ4n) is 1.75. The lowest BCUT2D eigenvalue weighted by Gasteiger charge is -2.30. The highest BCUT2D eigenvalue weighted by atomic mass is 35.5. The summed E-state index contributed by atoms with van der Waals surface area (Å²) in [5.41, 5.74) is 0.246. The van der Waals surface area contributed by atoms with E-state index in [1.807, 2.05) is 0 Å². The van der Waals surface area contributed by atoms with Gasteiger partial charge in [-0.25, -0.2) is 0 Å². The second-order valence-corrected chi connectivity index (χ2v) is 4.67. The summed E-state index contributed by atoms with van der Waals surface area (Å²) in [5.74, 6) is 1.30. The van der Waals surface area contributed by atoms with Gasteiger partial charge in [-0.3, -0.25) is 0 Å². The molecule has 0 aliphatic carbocycles. The van der Waals surface area contributed by atoms with E-state index < -0.39 is 0 Å². The Bertz CT molecular complexity index is 128. The summed E-state index contributed by atoms with van der Waals surface area (Å²) in [6.45, 7) is 7.52. The van der Waals surface area contributed by atoms with Crippen LogP contribution in [-0.2, 0) is 4.74 Å². The summed E-state index contributed by atoms with van der Waals surface area (Å²) in [4.78, 5) is 0. The van der Waals surface area contributed by atoms with Gasteiger partial charge in [0, 0.05) is 18.4 Å². The van der Waals surface area contributed by atoms with E-state index in [9.17, 15) is 0 Å². The standard InChI is InChI=1S/C9H17ClO/c1-9(2,3)8-7(6-10)4-5-11-8/h7-8H,4-6H2,1-3H3. The lowest BCUT2D eigenvalue weighted by Crippen LogP contribution is -2.32. The normalized spacial score (nSPS) is 32.7. The largest absolute Gasteiger partial charge is 0.377 e. The predicted octanol–water partition coefficient (Wildman–Crippen LogP) is 2.68. The SMILES string of the molecule is CC(C)(C)C1OCCC1CCl. The number of rotatable bonds is 1. The van der Waals surface area contributed by atoms with Crippen molar-refractivity contribution >= 4 is 11.6 Å². The molecular formula is C9H17ClO. The topological polar surface area (TPSA) is 9.23 Å². The van der Waals surface area contributed by atoms with Crippen LogP contribution in [0.5, 0.6) is 0 Å². The molecule has 0 radical (unpaired) electrons. The number of alkyl halides is 1. The Morgan fingerprint density at radius 3 is 2.45 bits per heavy atom. The second-order valence-electron chi connectivity index (χ2n) is 4.36. The molecule has 1 rings (SSSR count). The zero-order valence-corrected chi connectivity index (χ0v) is 8.32. The molecule has 0 N–H and O–H groups in total. The van der Waals surface area contributed by atoms with Crippen LogP contribution in [0.3, 0.4) is 0 Å². The van der Waals surface area contributed by atoms with Crippen LogP contribution in [0.4, 0.5) is 0 Å². The van der Waals surface area contributed by atoms with E-state index in [-0.39, 0.29) is 5.41 Å². The Kier molecular flexibility index (Phi) is 2.82. The van der Waals surface area contributed by atoms with Gasteiger partial charge >= 0.3 is 0 Å². The number of hydrogen-bond acceptors (Lipinski definition) is 1. The summed E-state index contributed by atoms with van der Waals surface area (Å²) in [7, 11) is 0. The van der Waals surface area contributed by atoms with E-state index in [1.165, 1.54) is 0 Å². The van der Waals surface area contributed by atoms with Crippen LogP contribution >= 0.6 is 11.6 Å². The fraction of sp³-hybridized carbons (Fsp3) is 1.00. The van der Waals surface area contributed by atoms with Gasteiger partial charge in [-0.05, 0) is 11.8 Å². The molecule has 1 nitrogen and oxygen atoms in total. The highest BCUT2D eigenvalue weighted by molar-refractivity contribution is 6.18. The minimum Gasteiger partial charge on any atom is -0.377 e. The van der Waals surface area contributed by atoms with Crippen molar-refractivity contribution in [2.75, 3.05) is 12.5 Å². The van der Waals surface area contributed by atoms with Crippen LogP contribution < -0.4 is 0 Å². The highest BCUT2D eigenvalue weighted by Gasteiger charge is 2.36. The van der Waals surface area contributed by atoms with Crippen LogP contribution in [-0.4, -0.2) is 18.6 Å². The lowest BCUT2D eigenvalue weighted by molar-refractivity contribution is 0.0113. The Labute approximate surface area is 74.1 Å². The van der Waals surface area contributed by atoms with E-state index in [0.29, 0.717) is 12.0 Å². The van der Waals surface area contributed by atoms with Crippen molar-refractivity contribution in [1.82, 2.24) is 0 Å². The maximum atomic E-state index is 5.83. The second kappa shape index (κ2) is 3.32. The number of ether oxygens (including phenoxy) is 1. The van der Waals surface area contributed by atoms with Crippen molar-refractivity contribution < 1.29 is 4.74 Å². The van der Waals surface area contributed by atoms with E-state index >= 15 is 0 Å². The molecule has 1 saturated heterocycles. The van der Waals surface area contributed by atoms with Gasteiger partial charge in [-0.1, -0.05) is 20.8 Å². The Morgan fingerprint density at radius 1 is 1.45 bits per heavy atom. The third kappa shape index (κ3) is 2.09. The molecule has 0 saturated carbocycles. The van der Waals surface area contributed by atoms with Crippen molar-refractivity contribution in [2.45, 2.75) is 33.3 Å². The van der Waals surface area contributed by atoms with Gasteiger partial charge in [-0.2, -0.15) is 0 Å². The molecule has 0 spiro atoms. The quantitative estimate of drug-likeness (QED) is 0.559. The molecular weight excluding hydrogens is 160 g/mol. The smallest absolute Gasteiger partial charge is 0.0663 e. The highest BCUT2D eigenvalue weighted by Crippen LogP contribution is 2.35. The van der Waals surface area contributed by atoms with Gasteiger partial charge in [0.2, 0.25) is 0 Å². The van der Waals surface area contributed by atoms with E-state index in [0.717, 1.165) is 18.9 Å². The Balaban J connectivity index is 2.57. The van der Waals surface area contributed by atoms with Crippen molar-refractivity contribution in [3.05, 3.63) is 0 Å². The zero-order chi connectivity index (χ0) is 8.48. The van der Waals surface area contributed by atoms with Crippen LogP contribution in [0.2, 0.25) is 0 Å². The van der Waals surface area contributed by atoms with E-state index in [4.69, 9.17) is 16.3 Å². The molecule has 0 aromatic carbocycles. The molecule has 1 aliphatic heterocycles. The molecule has 1 heterocycles. The summed E-state index contributed by atoms with van der Waals surface area (Å²) in [6.07, 6.45) is 1.49. The summed E-state index contributed by atoms with van der Waals surface area (Å²) in [5, 5.41) is 0. The molecule has 1 aliphatic rings. The van der Waals surface area contributed by atoms with E-state index in [1.54, 1.807) is 0 Å². The molecule has 0 bridgehead atoms. The van der Waals surface area contributed by atoms with Gasteiger partial charge in [0.25, 0.3) is 0 Å². The third-order valence-electron chi connectivity index (χ3n) is 2.27. The first-order chi connectivity index (χ1) is 5.05. The molecule has 1 fully saturated rings. The first-order valence-corrected chi connectivity index (χ1v) is 4.76. The van der Waals surface area contributed by atoms with Gasteiger partial charge in [0.1, 0.15) is 0 Å². The van der Waals surface area contributed by atoms with Gasteiger partial charge < -0.3 is 4.74 Å². The fourth-order valence-corrected chi connectivity index (χ4v) is 2.07. The summed E-state index contributed by atoms with van der Waals surface area (Å²) in [6, 6.07) is 0. The van der Waals surface area contributed by atoms with E-state index in [2.05, 4.69) is 20.8 Å². The van der Waals surface area contributed by atoms with Crippen LogP contribution in [0.15, 0.2) is 0 Å². The average molecular weight is 177 g/mol. The number of halogens is 1. The molecule has 2 unspecified atom stereocenters. The molecule has 2 heteroatoms. The third-order valence-corrected chi connectivity index (χ3v) is 2.66. The molecule has 0 amide bonds. The molecule has 2 atom stereocenters. The van der Waals surface area contributed by atoms with Crippen molar-refractivity contribution in [3.63, 3.8) is 0 Å². The van der Waals surface area contributed by atoms with Gasteiger partial charge in [0.05, 0.1) is 6.10 Å². The Hall–Kier alpha value is 0.250. The molecule has 66 valence electrons. The zero-order valence-electron chi connectivity index (χ0n) is 7.56. The predicted molar refractivity (Wildman–Crippen MR) is 48.0 cm³/mol. The van der Waals surface area contributed by atoms with Crippen LogP contribution in [0, 0.1) is 11.3 Å². The van der Waals surface area contributed by atoms with Crippen LogP contribution in [0.25, 0.3) is 0 Å². The van der Waals surface area contributed by atoms with Crippen molar-refractivity contribution in [3.8, 4) is 0 Å². The minimum atomic E-state index is 0.246. The van der Waals surface area contributed by atoms with Crippen LogP contribution in [0.1, 0.15) is 27.2 Å². The first-order valence-electron chi connectivity index (χ1n) is 4.23. The Morgan fingerprint density at radius 2 is 2.09 bits per heavy atom. The number of hydrogen-bond donors (Lipinski definition) is 0. The van der Waals surface area contributed by atoms with Gasteiger partial charge in [0.15, 0.2) is 0 Å². The van der Waals surface area contributed by atoms with Crippen molar-refractivity contribution in [1.29, 1.82) is 0 Å². The van der Waals surface area contributed by atoms with Gasteiger partial charge in [-0.15, -0.1) is 11.6 Å². The first kappa shape index (κ1) is 9.34.